The van der Waals surface area contributed by atoms with Crippen LogP contribution in [0.3, 0.4) is 0 Å². The van der Waals surface area contributed by atoms with Gasteiger partial charge in [0, 0.05) is 11.8 Å². The van der Waals surface area contributed by atoms with E-state index in [2.05, 4.69) is 9.97 Å². The van der Waals surface area contributed by atoms with E-state index < -0.39 is 29.8 Å². The van der Waals surface area contributed by atoms with Crippen LogP contribution in [0.2, 0.25) is 0 Å². The van der Waals surface area contributed by atoms with Gasteiger partial charge in [-0.3, -0.25) is 4.98 Å². The van der Waals surface area contributed by atoms with Gasteiger partial charge in [0.2, 0.25) is 0 Å². The first-order chi connectivity index (χ1) is 12.8. The molecule has 0 amide bonds. The van der Waals surface area contributed by atoms with Crippen LogP contribution < -0.4 is 10.5 Å². The van der Waals surface area contributed by atoms with Gasteiger partial charge in [0.1, 0.15) is 23.7 Å². The SMILES string of the molecule is C[C@@](N)(COc1ccc(-c2ccnc(C(F)F)c2)nc1C(F)F)C1CCC1. The molecule has 2 N–H and O–H groups in total. The minimum Gasteiger partial charge on any atom is -0.490 e. The Morgan fingerprint density at radius 2 is 1.93 bits per heavy atom. The molecule has 1 aliphatic carbocycles. The third-order valence-electron chi connectivity index (χ3n) is 4.97. The molecule has 0 radical (unpaired) electrons. The Bertz CT molecular complexity index is 794. The Balaban J connectivity index is 1.83. The van der Waals surface area contributed by atoms with Crippen LogP contribution in [0.15, 0.2) is 30.5 Å². The highest BCUT2D eigenvalue weighted by Gasteiger charge is 2.35. The number of nitrogens with two attached hydrogens (primary N) is 1. The van der Waals surface area contributed by atoms with Crippen LogP contribution >= 0.6 is 0 Å². The predicted molar refractivity (Wildman–Crippen MR) is 92.8 cm³/mol. The van der Waals surface area contributed by atoms with E-state index in [-0.39, 0.29) is 23.6 Å². The van der Waals surface area contributed by atoms with E-state index in [0.29, 0.717) is 5.92 Å². The number of nitrogens with zero attached hydrogens (tertiary/aromatic N) is 2. The van der Waals surface area contributed by atoms with Gasteiger partial charge in [0.25, 0.3) is 12.9 Å². The summed E-state index contributed by atoms with van der Waals surface area (Å²) in [7, 11) is 0. The molecule has 0 bridgehead atoms. The van der Waals surface area contributed by atoms with E-state index in [1.165, 1.54) is 24.4 Å². The third-order valence-corrected chi connectivity index (χ3v) is 4.97. The topological polar surface area (TPSA) is 61.0 Å². The standard InChI is InChI=1S/C19H21F4N3O/c1-19(24,12-3-2-4-12)10-27-15-6-5-13(26-16(15)18(22)23)11-7-8-25-14(9-11)17(20)21/h5-9,12,17-18H,2-4,10,24H2,1H3/t19-/m1/s1. The zero-order valence-corrected chi connectivity index (χ0v) is 14.8. The molecule has 146 valence electrons. The molecule has 2 aromatic heterocycles. The normalized spacial score (nSPS) is 17.0. The van der Waals surface area contributed by atoms with E-state index in [1.54, 1.807) is 0 Å². The summed E-state index contributed by atoms with van der Waals surface area (Å²) in [5.41, 5.74) is 5.11. The summed E-state index contributed by atoms with van der Waals surface area (Å²) in [6, 6.07) is 5.42. The second-order valence-corrected chi connectivity index (χ2v) is 7.07. The lowest BCUT2D eigenvalue weighted by molar-refractivity contribution is 0.107. The van der Waals surface area contributed by atoms with Crippen LogP contribution in [0, 0.1) is 5.92 Å². The van der Waals surface area contributed by atoms with Crippen LogP contribution in [0.4, 0.5) is 17.6 Å². The predicted octanol–water partition coefficient (Wildman–Crippen LogP) is 4.92. The number of ether oxygens (including phenoxy) is 1. The van der Waals surface area contributed by atoms with Gasteiger partial charge in [-0.1, -0.05) is 6.42 Å². The summed E-state index contributed by atoms with van der Waals surface area (Å²) in [6.07, 6.45) is -1.31. The number of aromatic nitrogens is 2. The van der Waals surface area contributed by atoms with Crippen molar-refractivity contribution in [2.24, 2.45) is 11.7 Å². The van der Waals surface area contributed by atoms with Gasteiger partial charge in [-0.25, -0.2) is 22.5 Å². The number of hydrogen-bond donors (Lipinski definition) is 1. The summed E-state index contributed by atoms with van der Waals surface area (Å²) in [5.74, 6) is 0.261. The Hall–Kier alpha value is -2.22. The average Bonchev–Trinajstić information content (AvgIpc) is 2.58. The van der Waals surface area contributed by atoms with Crippen LogP contribution in [0.25, 0.3) is 11.3 Å². The molecule has 1 fully saturated rings. The molecule has 0 spiro atoms. The smallest absolute Gasteiger partial charge is 0.284 e. The van der Waals surface area contributed by atoms with Crippen molar-refractivity contribution < 1.29 is 22.3 Å². The number of hydrogen-bond acceptors (Lipinski definition) is 4. The zero-order valence-electron chi connectivity index (χ0n) is 14.8. The van der Waals surface area contributed by atoms with E-state index in [0.717, 1.165) is 25.3 Å². The number of pyridine rings is 2. The van der Waals surface area contributed by atoms with Gasteiger partial charge in [0.05, 0.1) is 11.2 Å². The van der Waals surface area contributed by atoms with Gasteiger partial charge in [-0.2, -0.15) is 0 Å². The Morgan fingerprint density at radius 3 is 2.52 bits per heavy atom. The molecule has 8 heteroatoms. The maximum Gasteiger partial charge on any atom is 0.284 e. The summed E-state index contributed by atoms with van der Waals surface area (Å²) >= 11 is 0. The van der Waals surface area contributed by atoms with Crippen molar-refractivity contribution in [2.45, 2.75) is 44.6 Å². The maximum atomic E-state index is 13.5. The minimum absolute atomic E-state index is 0.0483. The Morgan fingerprint density at radius 1 is 1.19 bits per heavy atom. The second-order valence-electron chi connectivity index (χ2n) is 7.07. The monoisotopic (exact) mass is 383 g/mol. The molecule has 27 heavy (non-hydrogen) atoms. The lowest BCUT2D eigenvalue weighted by atomic mass is 9.72. The van der Waals surface area contributed by atoms with Crippen molar-refractivity contribution >= 4 is 0 Å². The lowest BCUT2D eigenvalue weighted by Crippen LogP contribution is -2.51. The molecule has 1 atom stereocenters. The molecular weight excluding hydrogens is 362 g/mol. The summed E-state index contributed by atoms with van der Waals surface area (Å²) in [4.78, 5) is 7.50. The van der Waals surface area contributed by atoms with Crippen LogP contribution in [-0.4, -0.2) is 22.1 Å². The van der Waals surface area contributed by atoms with Gasteiger partial charge in [-0.05, 0) is 49.9 Å². The first-order valence-electron chi connectivity index (χ1n) is 8.73. The molecule has 1 saturated carbocycles. The van der Waals surface area contributed by atoms with E-state index in [9.17, 15) is 17.6 Å². The fourth-order valence-corrected chi connectivity index (χ4v) is 3.05. The number of rotatable bonds is 7. The van der Waals surface area contributed by atoms with Gasteiger partial charge in [-0.15, -0.1) is 0 Å². The highest BCUT2D eigenvalue weighted by atomic mass is 19.3. The molecule has 0 aliphatic heterocycles. The molecule has 3 rings (SSSR count). The highest BCUT2D eigenvalue weighted by Crippen LogP contribution is 2.36. The Kier molecular flexibility index (Phi) is 5.64. The lowest BCUT2D eigenvalue weighted by Gasteiger charge is -2.39. The third kappa shape index (κ3) is 4.37. The van der Waals surface area contributed by atoms with Crippen molar-refractivity contribution in [1.29, 1.82) is 0 Å². The largest absolute Gasteiger partial charge is 0.490 e. The van der Waals surface area contributed by atoms with E-state index in [4.69, 9.17) is 10.5 Å². The summed E-state index contributed by atoms with van der Waals surface area (Å²) < 4.78 is 58.2. The molecule has 1 aliphatic rings. The molecule has 0 saturated heterocycles. The number of halogens is 4. The molecule has 2 aromatic rings. The Labute approximate surface area is 154 Å². The molecule has 4 nitrogen and oxygen atoms in total. The van der Waals surface area contributed by atoms with Gasteiger partial charge < -0.3 is 10.5 Å². The summed E-state index contributed by atoms with van der Waals surface area (Å²) in [5, 5.41) is 0. The van der Waals surface area contributed by atoms with Crippen molar-refractivity contribution in [3.05, 3.63) is 41.9 Å². The van der Waals surface area contributed by atoms with Gasteiger partial charge >= 0.3 is 0 Å². The van der Waals surface area contributed by atoms with E-state index in [1.807, 2.05) is 6.92 Å². The fourth-order valence-electron chi connectivity index (χ4n) is 3.05. The minimum atomic E-state index is -2.87. The highest BCUT2D eigenvalue weighted by molar-refractivity contribution is 5.60. The molecule has 0 unspecified atom stereocenters. The van der Waals surface area contributed by atoms with Crippen LogP contribution in [0.5, 0.6) is 5.75 Å². The van der Waals surface area contributed by atoms with Crippen LogP contribution in [-0.2, 0) is 0 Å². The van der Waals surface area contributed by atoms with Crippen molar-refractivity contribution in [3.8, 4) is 17.0 Å². The van der Waals surface area contributed by atoms with Crippen molar-refractivity contribution in [1.82, 2.24) is 9.97 Å². The molecule has 0 aromatic carbocycles. The quantitative estimate of drug-likeness (QED) is 0.690. The first kappa shape index (κ1) is 19.5. The number of alkyl halides is 4. The first-order valence-corrected chi connectivity index (χ1v) is 8.73. The van der Waals surface area contributed by atoms with Crippen molar-refractivity contribution in [3.63, 3.8) is 0 Å². The second kappa shape index (κ2) is 7.80. The molecule has 2 heterocycles. The fraction of sp³-hybridized carbons (Fsp3) is 0.474. The zero-order chi connectivity index (χ0) is 19.6. The summed E-state index contributed by atoms with van der Waals surface area (Å²) in [6.45, 7) is 1.95. The van der Waals surface area contributed by atoms with Gasteiger partial charge in [0.15, 0.2) is 0 Å². The van der Waals surface area contributed by atoms with Crippen LogP contribution in [0.1, 0.15) is 50.4 Å². The molecular formula is C19H21F4N3O. The maximum absolute atomic E-state index is 13.5. The van der Waals surface area contributed by atoms with E-state index >= 15 is 0 Å². The van der Waals surface area contributed by atoms with Crippen molar-refractivity contribution in [2.75, 3.05) is 6.61 Å². The average molecular weight is 383 g/mol.